The van der Waals surface area contributed by atoms with Crippen LogP contribution in [0.1, 0.15) is 35.5 Å². The van der Waals surface area contributed by atoms with E-state index in [0.29, 0.717) is 5.16 Å². The van der Waals surface area contributed by atoms with Gasteiger partial charge < -0.3 is 0 Å². The third-order valence-electron chi connectivity index (χ3n) is 5.56. The van der Waals surface area contributed by atoms with Crippen LogP contribution in [-0.4, -0.2) is 43.1 Å². The van der Waals surface area contributed by atoms with Crippen LogP contribution in [0.3, 0.4) is 0 Å². The van der Waals surface area contributed by atoms with Crippen LogP contribution in [-0.2, 0) is 6.54 Å². The van der Waals surface area contributed by atoms with E-state index in [4.69, 9.17) is 15.0 Å². The Morgan fingerprint density at radius 2 is 1.83 bits per heavy atom. The molecule has 30 heavy (non-hydrogen) atoms. The average Bonchev–Trinajstić information content (AvgIpc) is 3.34. The SMILES string of the molecule is Cc1sc2nc(CN3CCCCC3)nc(Sc3n[nH]c(-c4ccccc4)n3)c2c1C. The second-order valence-corrected chi connectivity index (χ2v) is 9.84. The molecule has 0 amide bonds. The Morgan fingerprint density at radius 1 is 1.03 bits per heavy atom. The summed E-state index contributed by atoms with van der Waals surface area (Å²) in [6.45, 7) is 7.38. The van der Waals surface area contributed by atoms with E-state index in [1.807, 2.05) is 30.3 Å². The molecular weight excluding hydrogens is 412 g/mol. The van der Waals surface area contributed by atoms with Gasteiger partial charge in [-0.15, -0.1) is 16.4 Å². The highest BCUT2D eigenvalue weighted by Crippen LogP contribution is 2.37. The Bertz CT molecular complexity index is 1160. The predicted molar refractivity (Wildman–Crippen MR) is 122 cm³/mol. The van der Waals surface area contributed by atoms with Crippen LogP contribution in [0.15, 0.2) is 40.5 Å². The van der Waals surface area contributed by atoms with Crippen molar-refractivity contribution in [2.45, 2.75) is 49.8 Å². The summed E-state index contributed by atoms with van der Waals surface area (Å²) in [4.78, 5) is 19.4. The van der Waals surface area contributed by atoms with Crippen LogP contribution in [0.4, 0.5) is 0 Å². The number of likely N-dealkylation sites (tertiary alicyclic amines) is 1. The fraction of sp³-hybridized carbons (Fsp3) is 0.364. The number of benzene rings is 1. The smallest absolute Gasteiger partial charge is 0.215 e. The number of rotatable bonds is 5. The summed E-state index contributed by atoms with van der Waals surface area (Å²) in [5.74, 6) is 1.67. The number of piperidine rings is 1. The summed E-state index contributed by atoms with van der Waals surface area (Å²) < 4.78 is 0. The van der Waals surface area contributed by atoms with Crippen molar-refractivity contribution in [3.8, 4) is 11.4 Å². The number of thiophene rings is 1. The standard InChI is InChI=1S/C22H24N6S2/c1-14-15(2)29-20-18(14)21(24-17(23-20)13-28-11-7-4-8-12-28)30-22-25-19(26-27-22)16-9-5-3-6-10-16/h3,5-6,9-10H,4,7-8,11-13H2,1-2H3,(H,25,26,27). The minimum Gasteiger partial charge on any atom is -0.296 e. The minimum absolute atomic E-state index is 0.682. The summed E-state index contributed by atoms with van der Waals surface area (Å²) in [6.07, 6.45) is 3.86. The van der Waals surface area contributed by atoms with Gasteiger partial charge in [0.05, 0.1) is 6.54 Å². The molecule has 1 saturated heterocycles. The molecule has 0 bridgehead atoms. The fourth-order valence-corrected chi connectivity index (χ4v) is 5.84. The molecule has 1 aromatic carbocycles. The van der Waals surface area contributed by atoms with Crippen molar-refractivity contribution in [2.24, 2.45) is 0 Å². The normalized spacial score (nSPS) is 15.1. The van der Waals surface area contributed by atoms with Gasteiger partial charge >= 0.3 is 0 Å². The number of nitrogens with one attached hydrogen (secondary N) is 1. The molecule has 0 aliphatic carbocycles. The maximum Gasteiger partial charge on any atom is 0.215 e. The highest BCUT2D eigenvalue weighted by Gasteiger charge is 2.19. The number of aromatic nitrogens is 5. The number of aryl methyl sites for hydroxylation is 2. The summed E-state index contributed by atoms with van der Waals surface area (Å²) in [7, 11) is 0. The Kier molecular flexibility index (Phi) is 5.54. The fourth-order valence-electron chi connectivity index (χ4n) is 3.82. The van der Waals surface area contributed by atoms with Crippen molar-refractivity contribution in [1.29, 1.82) is 0 Å². The van der Waals surface area contributed by atoms with Gasteiger partial charge in [0.1, 0.15) is 15.7 Å². The van der Waals surface area contributed by atoms with Gasteiger partial charge in [-0.05, 0) is 57.1 Å². The largest absolute Gasteiger partial charge is 0.296 e. The summed E-state index contributed by atoms with van der Waals surface area (Å²) in [5.41, 5.74) is 2.28. The van der Waals surface area contributed by atoms with E-state index in [-0.39, 0.29) is 0 Å². The van der Waals surface area contributed by atoms with Crippen LogP contribution in [0.2, 0.25) is 0 Å². The molecule has 0 unspecified atom stereocenters. The molecule has 5 rings (SSSR count). The molecule has 1 N–H and O–H groups in total. The first kappa shape index (κ1) is 19.7. The summed E-state index contributed by atoms with van der Waals surface area (Å²) in [5, 5.41) is 10.3. The lowest BCUT2D eigenvalue weighted by atomic mass is 10.1. The van der Waals surface area contributed by atoms with Crippen molar-refractivity contribution in [2.75, 3.05) is 13.1 Å². The monoisotopic (exact) mass is 436 g/mol. The zero-order chi connectivity index (χ0) is 20.5. The Morgan fingerprint density at radius 3 is 2.63 bits per heavy atom. The third kappa shape index (κ3) is 3.99. The van der Waals surface area contributed by atoms with Gasteiger partial charge in [0.15, 0.2) is 5.82 Å². The first-order valence-electron chi connectivity index (χ1n) is 10.3. The Hall–Kier alpha value is -2.29. The van der Waals surface area contributed by atoms with Crippen LogP contribution < -0.4 is 0 Å². The average molecular weight is 437 g/mol. The number of aromatic amines is 1. The van der Waals surface area contributed by atoms with Gasteiger partial charge in [-0.3, -0.25) is 10.00 Å². The van der Waals surface area contributed by atoms with Gasteiger partial charge in [0.2, 0.25) is 5.16 Å². The summed E-state index contributed by atoms with van der Waals surface area (Å²) >= 11 is 3.27. The van der Waals surface area contributed by atoms with E-state index in [9.17, 15) is 0 Å². The predicted octanol–water partition coefficient (Wildman–Crippen LogP) is 5.23. The number of fused-ring (bicyclic) bond motifs is 1. The number of nitrogens with zero attached hydrogens (tertiary/aromatic N) is 5. The zero-order valence-corrected chi connectivity index (χ0v) is 18.8. The quantitative estimate of drug-likeness (QED) is 0.432. The molecule has 1 aliphatic rings. The first-order valence-corrected chi connectivity index (χ1v) is 12.0. The number of hydrogen-bond acceptors (Lipinski definition) is 7. The van der Waals surface area contributed by atoms with Crippen LogP contribution in [0, 0.1) is 13.8 Å². The van der Waals surface area contributed by atoms with E-state index in [1.165, 1.54) is 41.5 Å². The van der Waals surface area contributed by atoms with Gasteiger partial charge in [0, 0.05) is 15.8 Å². The van der Waals surface area contributed by atoms with E-state index < -0.39 is 0 Å². The van der Waals surface area contributed by atoms with Crippen molar-refractivity contribution >= 4 is 33.3 Å². The second kappa shape index (κ2) is 8.45. The van der Waals surface area contributed by atoms with E-state index in [2.05, 4.69) is 28.9 Å². The molecule has 8 heteroatoms. The topological polar surface area (TPSA) is 70.6 Å². The molecule has 0 radical (unpaired) electrons. The molecule has 0 saturated carbocycles. The highest BCUT2D eigenvalue weighted by atomic mass is 32.2. The van der Waals surface area contributed by atoms with Crippen molar-refractivity contribution in [1.82, 2.24) is 30.0 Å². The molecule has 4 heterocycles. The van der Waals surface area contributed by atoms with Crippen molar-refractivity contribution in [3.63, 3.8) is 0 Å². The highest BCUT2D eigenvalue weighted by molar-refractivity contribution is 7.99. The van der Waals surface area contributed by atoms with Crippen molar-refractivity contribution in [3.05, 3.63) is 46.6 Å². The first-order chi connectivity index (χ1) is 14.7. The van der Waals surface area contributed by atoms with Gasteiger partial charge in [-0.2, -0.15) is 0 Å². The third-order valence-corrected chi connectivity index (χ3v) is 7.51. The van der Waals surface area contributed by atoms with Gasteiger partial charge in [-0.1, -0.05) is 36.8 Å². The Labute approximate surface area is 184 Å². The molecule has 0 atom stereocenters. The Balaban J connectivity index is 1.48. The number of hydrogen-bond donors (Lipinski definition) is 1. The van der Waals surface area contributed by atoms with Crippen molar-refractivity contribution < 1.29 is 0 Å². The molecule has 1 aliphatic heterocycles. The molecule has 1 fully saturated rings. The number of H-pyrrole nitrogens is 1. The maximum absolute atomic E-state index is 4.97. The van der Waals surface area contributed by atoms with E-state index in [1.54, 1.807) is 11.3 Å². The molecule has 6 nitrogen and oxygen atoms in total. The second-order valence-electron chi connectivity index (χ2n) is 7.68. The molecule has 4 aromatic rings. The van der Waals surface area contributed by atoms with Crippen LogP contribution >= 0.6 is 23.1 Å². The lowest BCUT2D eigenvalue weighted by Gasteiger charge is -2.25. The molecule has 154 valence electrons. The molecule has 3 aromatic heterocycles. The van der Waals surface area contributed by atoms with E-state index in [0.717, 1.165) is 52.1 Å². The summed E-state index contributed by atoms with van der Waals surface area (Å²) in [6, 6.07) is 10.1. The van der Waals surface area contributed by atoms with Gasteiger partial charge in [-0.25, -0.2) is 15.0 Å². The lowest BCUT2D eigenvalue weighted by Crippen LogP contribution is -2.29. The lowest BCUT2D eigenvalue weighted by molar-refractivity contribution is 0.216. The maximum atomic E-state index is 4.97. The molecule has 0 spiro atoms. The zero-order valence-electron chi connectivity index (χ0n) is 17.2. The van der Waals surface area contributed by atoms with Gasteiger partial charge in [0.25, 0.3) is 0 Å². The van der Waals surface area contributed by atoms with Crippen LogP contribution in [0.25, 0.3) is 21.6 Å². The minimum atomic E-state index is 0.682. The van der Waals surface area contributed by atoms with E-state index >= 15 is 0 Å². The molecular formula is C22H24N6S2. The van der Waals surface area contributed by atoms with Crippen LogP contribution in [0.5, 0.6) is 0 Å².